The molecule has 0 bridgehead atoms. The van der Waals surface area contributed by atoms with Gasteiger partial charge < -0.3 is 9.88 Å². The molecule has 1 aromatic heterocycles. The van der Waals surface area contributed by atoms with Gasteiger partial charge in [0.05, 0.1) is 18.1 Å². The van der Waals surface area contributed by atoms with Gasteiger partial charge in [-0.05, 0) is 13.8 Å². The van der Waals surface area contributed by atoms with E-state index >= 15 is 0 Å². The first-order chi connectivity index (χ1) is 7.31. The monoisotopic (exact) mass is 208 g/mol. The van der Waals surface area contributed by atoms with Crippen molar-refractivity contribution in [1.82, 2.24) is 19.8 Å². The molecule has 1 aliphatic heterocycles. The second-order valence-electron chi connectivity index (χ2n) is 4.09. The number of rotatable bonds is 3. The van der Waals surface area contributed by atoms with Crippen LogP contribution in [0.4, 0.5) is 0 Å². The Labute approximate surface area is 91.3 Å². The molecule has 0 amide bonds. The van der Waals surface area contributed by atoms with Crippen LogP contribution in [0, 0.1) is 0 Å². The zero-order valence-electron chi connectivity index (χ0n) is 9.61. The van der Waals surface area contributed by atoms with Gasteiger partial charge in [-0.2, -0.15) is 0 Å². The zero-order valence-corrected chi connectivity index (χ0v) is 9.61. The van der Waals surface area contributed by atoms with Gasteiger partial charge in [-0.15, -0.1) is 0 Å². The summed E-state index contributed by atoms with van der Waals surface area (Å²) < 4.78 is 2.13. The molecule has 2 heterocycles. The van der Waals surface area contributed by atoms with Crippen LogP contribution in [0.2, 0.25) is 0 Å². The van der Waals surface area contributed by atoms with Crippen LogP contribution >= 0.6 is 0 Å². The highest BCUT2D eigenvalue weighted by Gasteiger charge is 2.19. The number of hydrogen-bond acceptors (Lipinski definition) is 3. The molecule has 1 N–H and O–H groups in total. The smallest absolute Gasteiger partial charge is 0.0950 e. The van der Waals surface area contributed by atoms with Crippen molar-refractivity contribution in [1.29, 1.82) is 0 Å². The number of nitrogens with one attached hydrogen (secondary N) is 1. The Morgan fingerprint density at radius 1 is 1.47 bits per heavy atom. The van der Waals surface area contributed by atoms with Gasteiger partial charge in [-0.25, -0.2) is 4.98 Å². The Balaban J connectivity index is 2.02. The molecule has 84 valence electrons. The molecule has 15 heavy (non-hydrogen) atoms. The van der Waals surface area contributed by atoms with Gasteiger partial charge in [0.15, 0.2) is 0 Å². The first kappa shape index (κ1) is 10.6. The van der Waals surface area contributed by atoms with E-state index in [-0.39, 0.29) is 0 Å². The second-order valence-corrected chi connectivity index (χ2v) is 4.09. The van der Waals surface area contributed by atoms with E-state index in [1.807, 2.05) is 6.33 Å². The molecule has 1 fully saturated rings. The third-order valence-corrected chi connectivity index (χ3v) is 3.15. The maximum atomic E-state index is 4.46. The fourth-order valence-electron chi connectivity index (χ4n) is 2.02. The summed E-state index contributed by atoms with van der Waals surface area (Å²) in [4.78, 5) is 6.95. The lowest BCUT2D eigenvalue weighted by Crippen LogP contribution is -2.44. The predicted molar refractivity (Wildman–Crippen MR) is 60.8 cm³/mol. The summed E-state index contributed by atoms with van der Waals surface area (Å²) in [5.74, 6) is 0. The fraction of sp³-hybridized carbons (Fsp3) is 0.727. The van der Waals surface area contributed by atoms with Gasteiger partial charge in [0.25, 0.3) is 0 Å². The average molecular weight is 208 g/mol. The van der Waals surface area contributed by atoms with Gasteiger partial charge in [0, 0.05) is 38.9 Å². The molecule has 1 unspecified atom stereocenters. The molecule has 0 aromatic carbocycles. The summed E-state index contributed by atoms with van der Waals surface area (Å²) in [5.41, 5.74) is 1.19. The molecule has 4 nitrogen and oxygen atoms in total. The number of aromatic nitrogens is 2. The Bertz CT molecular complexity index is 301. The van der Waals surface area contributed by atoms with Crippen molar-refractivity contribution in [3.05, 3.63) is 18.2 Å². The standard InChI is InChI=1S/C11H20N4/c1-3-14-8-11(13-9-14)10(2)15-6-4-12-5-7-15/h8-10,12H,3-7H2,1-2H3. The molecular formula is C11H20N4. The molecule has 0 radical (unpaired) electrons. The molecule has 4 heteroatoms. The summed E-state index contributed by atoms with van der Waals surface area (Å²) in [5, 5.41) is 3.37. The van der Waals surface area contributed by atoms with Gasteiger partial charge in [-0.3, -0.25) is 4.90 Å². The summed E-state index contributed by atoms with van der Waals surface area (Å²) in [7, 11) is 0. The van der Waals surface area contributed by atoms with Gasteiger partial charge in [0.2, 0.25) is 0 Å². The third-order valence-electron chi connectivity index (χ3n) is 3.15. The van der Waals surface area contributed by atoms with Crippen molar-refractivity contribution in [2.45, 2.75) is 26.4 Å². The van der Waals surface area contributed by atoms with Crippen LogP contribution in [0.15, 0.2) is 12.5 Å². The molecule has 0 aliphatic carbocycles. The first-order valence-corrected chi connectivity index (χ1v) is 5.77. The van der Waals surface area contributed by atoms with E-state index in [4.69, 9.17) is 0 Å². The van der Waals surface area contributed by atoms with Gasteiger partial charge >= 0.3 is 0 Å². The predicted octanol–water partition coefficient (Wildman–Crippen LogP) is 0.869. The maximum absolute atomic E-state index is 4.46. The average Bonchev–Trinajstić information content (AvgIpc) is 2.78. The topological polar surface area (TPSA) is 33.1 Å². The Hall–Kier alpha value is -0.870. The van der Waals surface area contributed by atoms with E-state index in [0.717, 1.165) is 32.7 Å². The first-order valence-electron chi connectivity index (χ1n) is 5.77. The lowest BCUT2D eigenvalue weighted by molar-refractivity contribution is 0.183. The normalized spacial score (nSPS) is 20.4. The molecule has 2 rings (SSSR count). The second kappa shape index (κ2) is 4.77. The Kier molecular flexibility index (Phi) is 3.38. The molecule has 1 saturated heterocycles. The number of imidazole rings is 1. The Morgan fingerprint density at radius 2 is 2.20 bits per heavy atom. The van der Waals surface area contributed by atoms with Gasteiger partial charge in [-0.1, -0.05) is 0 Å². The molecular weight excluding hydrogens is 188 g/mol. The van der Waals surface area contributed by atoms with Crippen molar-refractivity contribution in [3.8, 4) is 0 Å². The van der Waals surface area contributed by atoms with E-state index in [9.17, 15) is 0 Å². The van der Waals surface area contributed by atoms with Gasteiger partial charge in [0.1, 0.15) is 0 Å². The highest BCUT2D eigenvalue weighted by molar-refractivity contribution is 5.03. The minimum atomic E-state index is 0.444. The molecule has 1 atom stereocenters. The van der Waals surface area contributed by atoms with Crippen molar-refractivity contribution >= 4 is 0 Å². The zero-order chi connectivity index (χ0) is 10.7. The van der Waals surface area contributed by atoms with Crippen LogP contribution < -0.4 is 5.32 Å². The van der Waals surface area contributed by atoms with Crippen LogP contribution in [0.1, 0.15) is 25.6 Å². The lowest BCUT2D eigenvalue weighted by atomic mass is 10.2. The summed E-state index contributed by atoms with van der Waals surface area (Å²) in [6.45, 7) is 9.83. The maximum Gasteiger partial charge on any atom is 0.0950 e. The van der Waals surface area contributed by atoms with E-state index in [1.165, 1.54) is 5.69 Å². The largest absolute Gasteiger partial charge is 0.337 e. The molecule has 0 saturated carbocycles. The van der Waals surface area contributed by atoms with E-state index < -0.39 is 0 Å². The molecule has 1 aliphatic rings. The van der Waals surface area contributed by atoms with Crippen LogP contribution in [-0.2, 0) is 6.54 Å². The van der Waals surface area contributed by atoms with E-state index in [2.05, 4.69) is 39.8 Å². The molecule has 0 spiro atoms. The number of aryl methyl sites for hydroxylation is 1. The summed E-state index contributed by atoms with van der Waals surface area (Å²) >= 11 is 0. The number of hydrogen-bond donors (Lipinski definition) is 1. The number of nitrogens with zero attached hydrogens (tertiary/aromatic N) is 3. The highest BCUT2D eigenvalue weighted by Crippen LogP contribution is 2.18. The van der Waals surface area contributed by atoms with Crippen molar-refractivity contribution < 1.29 is 0 Å². The van der Waals surface area contributed by atoms with Crippen molar-refractivity contribution in [2.24, 2.45) is 0 Å². The van der Waals surface area contributed by atoms with Crippen LogP contribution in [0.5, 0.6) is 0 Å². The minimum Gasteiger partial charge on any atom is -0.337 e. The summed E-state index contributed by atoms with van der Waals surface area (Å²) in [6.07, 6.45) is 4.08. The fourth-order valence-corrected chi connectivity index (χ4v) is 2.02. The SMILES string of the molecule is CCn1cnc(C(C)N2CCNCC2)c1. The Morgan fingerprint density at radius 3 is 2.80 bits per heavy atom. The van der Waals surface area contributed by atoms with Crippen molar-refractivity contribution in [2.75, 3.05) is 26.2 Å². The van der Waals surface area contributed by atoms with E-state index in [1.54, 1.807) is 0 Å². The quantitative estimate of drug-likeness (QED) is 0.800. The van der Waals surface area contributed by atoms with Crippen LogP contribution in [0.3, 0.4) is 0 Å². The van der Waals surface area contributed by atoms with Crippen LogP contribution in [-0.4, -0.2) is 40.6 Å². The lowest BCUT2D eigenvalue weighted by Gasteiger charge is -2.31. The number of piperazine rings is 1. The highest BCUT2D eigenvalue weighted by atomic mass is 15.2. The van der Waals surface area contributed by atoms with Crippen molar-refractivity contribution in [3.63, 3.8) is 0 Å². The van der Waals surface area contributed by atoms with E-state index in [0.29, 0.717) is 6.04 Å². The minimum absolute atomic E-state index is 0.444. The van der Waals surface area contributed by atoms with Crippen LogP contribution in [0.25, 0.3) is 0 Å². The summed E-state index contributed by atoms with van der Waals surface area (Å²) in [6, 6.07) is 0.444. The third kappa shape index (κ3) is 2.38. The molecule has 1 aromatic rings.